The van der Waals surface area contributed by atoms with Crippen LogP contribution in [0.5, 0.6) is 0 Å². The van der Waals surface area contributed by atoms with Crippen molar-refractivity contribution in [2.24, 2.45) is 0 Å². The molecule has 4 aromatic rings. The predicted molar refractivity (Wildman–Crippen MR) is 111 cm³/mol. The Morgan fingerprint density at radius 3 is 2.59 bits per heavy atom. The molecular weight excluding hydrogens is 378 g/mol. The van der Waals surface area contributed by atoms with E-state index >= 15 is 0 Å². The topological polar surface area (TPSA) is 37.6 Å². The molecule has 5 rings (SSSR count). The number of imidazole rings is 1. The first-order valence-corrected chi connectivity index (χ1v) is 10.3. The van der Waals surface area contributed by atoms with Gasteiger partial charge in [-0.15, -0.1) is 0 Å². The fourth-order valence-corrected chi connectivity index (χ4v) is 4.97. The summed E-state index contributed by atoms with van der Waals surface area (Å²) in [5.74, 6) is 0.180. The van der Waals surface area contributed by atoms with Crippen molar-refractivity contribution < 1.29 is 4.79 Å². The van der Waals surface area contributed by atoms with Crippen LogP contribution in [0.15, 0.2) is 48.5 Å². The molecule has 1 aliphatic rings. The molecule has 27 heavy (non-hydrogen) atoms. The van der Waals surface area contributed by atoms with E-state index in [4.69, 9.17) is 16.6 Å². The van der Waals surface area contributed by atoms with Gasteiger partial charge in [0.2, 0.25) is 5.91 Å². The average Bonchev–Trinajstić information content (AvgIpc) is 3.39. The van der Waals surface area contributed by atoms with Gasteiger partial charge < -0.3 is 4.90 Å². The van der Waals surface area contributed by atoms with Crippen LogP contribution in [0.4, 0.5) is 0 Å². The third-order valence-electron chi connectivity index (χ3n) is 5.14. The molecule has 6 heteroatoms. The molecule has 136 valence electrons. The van der Waals surface area contributed by atoms with Gasteiger partial charge in [-0.3, -0.25) is 9.20 Å². The van der Waals surface area contributed by atoms with Gasteiger partial charge in [-0.05, 0) is 37.1 Å². The van der Waals surface area contributed by atoms with Crippen molar-refractivity contribution in [3.63, 3.8) is 0 Å². The van der Waals surface area contributed by atoms with Gasteiger partial charge in [-0.2, -0.15) is 0 Å². The van der Waals surface area contributed by atoms with Crippen LogP contribution in [0.1, 0.15) is 18.5 Å². The van der Waals surface area contributed by atoms with Crippen LogP contribution >= 0.6 is 22.9 Å². The van der Waals surface area contributed by atoms with Gasteiger partial charge in [0.25, 0.3) is 0 Å². The monoisotopic (exact) mass is 395 g/mol. The first-order chi connectivity index (χ1) is 13.2. The lowest BCUT2D eigenvalue weighted by atomic mass is 10.1. The summed E-state index contributed by atoms with van der Waals surface area (Å²) in [7, 11) is 0. The number of nitrogens with zero attached hydrogens (tertiary/aromatic N) is 3. The molecule has 1 fully saturated rings. The van der Waals surface area contributed by atoms with Crippen LogP contribution in [0.3, 0.4) is 0 Å². The summed E-state index contributed by atoms with van der Waals surface area (Å²) in [5, 5.41) is 0.694. The molecule has 1 saturated heterocycles. The van der Waals surface area contributed by atoms with E-state index in [0.29, 0.717) is 11.4 Å². The van der Waals surface area contributed by atoms with Gasteiger partial charge in [0.1, 0.15) is 0 Å². The molecule has 0 spiro atoms. The second-order valence-electron chi connectivity index (χ2n) is 6.87. The molecule has 0 bridgehead atoms. The van der Waals surface area contributed by atoms with E-state index in [0.717, 1.165) is 53.4 Å². The maximum atomic E-state index is 12.9. The van der Waals surface area contributed by atoms with Gasteiger partial charge in [-0.25, -0.2) is 4.98 Å². The van der Waals surface area contributed by atoms with Crippen LogP contribution in [0.2, 0.25) is 5.02 Å². The summed E-state index contributed by atoms with van der Waals surface area (Å²) < 4.78 is 3.33. The Hall–Kier alpha value is -2.37. The molecular formula is C21H18ClN3OS. The normalized spacial score (nSPS) is 14.5. The van der Waals surface area contributed by atoms with Crippen LogP contribution in [-0.4, -0.2) is 33.3 Å². The number of para-hydroxylation sites is 1. The van der Waals surface area contributed by atoms with Gasteiger partial charge >= 0.3 is 0 Å². The Morgan fingerprint density at radius 1 is 1.07 bits per heavy atom. The zero-order valence-electron chi connectivity index (χ0n) is 14.7. The number of aromatic nitrogens is 2. The SMILES string of the molecule is O=C(Cc1c(-c2ccc(Cl)cc2)nc2sc3ccccc3n12)N1CCCC1. The Labute approximate surface area is 166 Å². The molecule has 1 aliphatic heterocycles. The predicted octanol–water partition coefficient (Wildman–Crippen LogP) is 5.03. The summed E-state index contributed by atoms with van der Waals surface area (Å²) in [6, 6.07) is 15.9. The highest BCUT2D eigenvalue weighted by Gasteiger charge is 2.24. The molecule has 2 aromatic heterocycles. The smallest absolute Gasteiger partial charge is 0.228 e. The minimum Gasteiger partial charge on any atom is -0.342 e. The molecule has 0 atom stereocenters. The van der Waals surface area contributed by atoms with Gasteiger partial charge in [-0.1, -0.05) is 47.2 Å². The lowest BCUT2D eigenvalue weighted by Gasteiger charge is -2.15. The first kappa shape index (κ1) is 16.8. The zero-order valence-corrected chi connectivity index (χ0v) is 16.3. The van der Waals surface area contributed by atoms with Crippen LogP contribution in [0.25, 0.3) is 26.4 Å². The summed E-state index contributed by atoms with van der Waals surface area (Å²) in [6.07, 6.45) is 2.55. The largest absolute Gasteiger partial charge is 0.342 e. The van der Waals surface area contributed by atoms with Crippen molar-refractivity contribution in [3.8, 4) is 11.3 Å². The highest BCUT2D eigenvalue weighted by atomic mass is 35.5. The van der Waals surface area contributed by atoms with Crippen LogP contribution in [0, 0.1) is 0 Å². The zero-order chi connectivity index (χ0) is 18.4. The maximum Gasteiger partial charge on any atom is 0.228 e. The molecule has 0 saturated carbocycles. The van der Waals surface area contributed by atoms with Crippen molar-refractivity contribution in [3.05, 3.63) is 59.2 Å². The number of amides is 1. The molecule has 0 unspecified atom stereocenters. The summed E-state index contributed by atoms with van der Waals surface area (Å²) in [6.45, 7) is 1.73. The first-order valence-electron chi connectivity index (χ1n) is 9.13. The number of rotatable bonds is 3. The number of halogens is 1. The number of likely N-dealkylation sites (tertiary alicyclic amines) is 1. The number of hydrogen-bond donors (Lipinski definition) is 0. The molecule has 1 amide bonds. The van der Waals surface area contributed by atoms with Crippen molar-refractivity contribution in [2.75, 3.05) is 13.1 Å². The lowest BCUT2D eigenvalue weighted by molar-refractivity contribution is -0.129. The molecule has 4 nitrogen and oxygen atoms in total. The number of hydrogen-bond acceptors (Lipinski definition) is 3. The molecule has 2 aromatic carbocycles. The van der Waals surface area contributed by atoms with Gasteiger partial charge in [0.15, 0.2) is 4.96 Å². The number of carbonyl (C=O) groups excluding carboxylic acids is 1. The van der Waals surface area contributed by atoms with Gasteiger partial charge in [0.05, 0.1) is 28.0 Å². The van der Waals surface area contributed by atoms with E-state index in [1.54, 1.807) is 11.3 Å². The molecule has 0 N–H and O–H groups in total. The highest BCUT2D eigenvalue weighted by molar-refractivity contribution is 7.23. The second kappa shape index (κ2) is 6.66. The minimum absolute atomic E-state index is 0.180. The number of thiazole rings is 1. The third kappa shape index (κ3) is 2.91. The Kier molecular flexibility index (Phi) is 4.14. The van der Waals surface area contributed by atoms with Crippen LogP contribution < -0.4 is 0 Å². The van der Waals surface area contributed by atoms with Gasteiger partial charge in [0, 0.05) is 23.7 Å². The van der Waals surface area contributed by atoms with Crippen LogP contribution in [-0.2, 0) is 11.2 Å². The highest BCUT2D eigenvalue weighted by Crippen LogP contribution is 2.34. The van der Waals surface area contributed by atoms with E-state index < -0.39 is 0 Å². The maximum absolute atomic E-state index is 12.9. The fraction of sp³-hybridized carbons (Fsp3) is 0.238. The summed E-state index contributed by atoms with van der Waals surface area (Å²) >= 11 is 7.72. The Balaban J connectivity index is 1.68. The standard InChI is InChI=1S/C21H18ClN3OS/c22-15-9-7-14(8-10-15)20-17(13-19(26)24-11-3-4-12-24)25-16-5-1-2-6-18(16)27-21(25)23-20/h1-2,5-10H,3-4,11-13H2. The van der Waals surface area contributed by atoms with E-state index in [9.17, 15) is 4.79 Å². The van der Waals surface area contributed by atoms with E-state index in [2.05, 4.69) is 16.5 Å². The van der Waals surface area contributed by atoms with Crippen molar-refractivity contribution in [1.82, 2.24) is 14.3 Å². The lowest BCUT2D eigenvalue weighted by Crippen LogP contribution is -2.29. The summed E-state index contributed by atoms with van der Waals surface area (Å²) in [5.41, 5.74) is 3.93. The number of carbonyl (C=O) groups is 1. The second-order valence-corrected chi connectivity index (χ2v) is 8.31. The molecule has 0 aliphatic carbocycles. The van der Waals surface area contributed by atoms with Crippen molar-refractivity contribution >= 4 is 44.0 Å². The Morgan fingerprint density at radius 2 is 1.81 bits per heavy atom. The minimum atomic E-state index is 0.180. The van der Waals surface area contributed by atoms with E-state index in [1.165, 1.54) is 4.70 Å². The number of fused-ring (bicyclic) bond motifs is 3. The fourth-order valence-electron chi connectivity index (χ4n) is 3.80. The Bertz CT molecular complexity index is 1140. The van der Waals surface area contributed by atoms with E-state index in [-0.39, 0.29) is 5.91 Å². The molecule has 3 heterocycles. The van der Waals surface area contributed by atoms with E-state index in [1.807, 2.05) is 41.3 Å². The molecule has 0 radical (unpaired) electrons. The summed E-state index contributed by atoms with van der Waals surface area (Å²) in [4.78, 5) is 20.7. The average molecular weight is 396 g/mol. The number of benzene rings is 2. The van der Waals surface area contributed by atoms with Crippen molar-refractivity contribution in [2.45, 2.75) is 19.3 Å². The quantitative estimate of drug-likeness (QED) is 0.487. The van der Waals surface area contributed by atoms with Crippen molar-refractivity contribution in [1.29, 1.82) is 0 Å². The third-order valence-corrected chi connectivity index (χ3v) is 6.42.